The molecule has 0 bridgehead atoms. The van der Waals surface area contributed by atoms with Gasteiger partial charge in [0.05, 0.1) is 25.0 Å². The predicted octanol–water partition coefficient (Wildman–Crippen LogP) is -0.141. The van der Waals surface area contributed by atoms with Gasteiger partial charge < -0.3 is 9.47 Å². The largest absolute Gasteiger partial charge is 0.464 e. The van der Waals surface area contributed by atoms with E-state index in [1.165, 1.54) is 0 Å². The Hall–Kier alpha value is -2.41. The summed E-state index contributed by atoms with van der Waals surface area (Å²) in [6, 6.07) is 3.48. The highest BCUT2D eigenvalue weighted by Gasteiger charge is 2.20. The van der Waals surface area contributed by atoms with Crippen LogP contribution in [0.3, 0.4) is 0 Å². The first-order valence-electron chi connectivity index (χ1n) is 4.71. The van der Waals surface area contributed by atoms with Crippen LogP contribution in [0.1, 0.15) is 19.3 Å². The number of carbonyl (C=O) groups excluding carboxylic acids is 3. The number of nitrogens with zero attached hydrogens (tertiary/aromatic N) is 2. The fraction of sp³-hybridized carbons (Fsp3) is 0.500. The number of ketones is 1. The second-order valence-corrected chi connectivity index (χ2v) is 2.77. The molecule has 0 radical (unpaired) electrons. The zero-order valence-electron chi connectivity index (χ0n) is 8.97. The molecular formula is C10H10N2O5. The normalized spacial score (nSPS) is 8.59. The van der Waals surface area contributed by atoms with Gasteiger partial charge in [-0.15, -0.1) is 0 Å². The number of nitriles is 2. The van der Waals surface area contributed by atoms with E-state index in [4.69, 9.17) is 10.5 Å². The van der Waals surface area contributed by atoms with Crippen molar-refractivity contribution in [1.82, 2.24) is 0 Å². The van der Waals surface area contributed by atoms with Crippen LogP contribution in [-0.2, 0) is 23.9 Å². The Balaban J connectivity index is 3.84. The van der Waals surface area contributed by atoms with Crippen LogP contribution in [0.5, 0.6) is 0 Å². The van der Waals surface area contributed by atoms with Crippen molar-refractivity contribution >= 4 is 17.7 Å². The van der Waals surface area contributed by atoms with Gasteiger partial charge in [0.15, 0.2) is 0 Å². The summed E-state index contributed by atoms with van der Waals surface area (Å²) in [6.45, 7) is -0.309. The van der Waals surface area contributed by atoms with Crippen molar-refractivity contribution in [3.63, 3.8) is 0 Å². The van der Waals surface area contributed by atoms with Crippen LogP contribution in [-0.4, -0.2) is 30.9 Å². The van der Waals surface area contributed by atoms with Crippen molar-refractivity contribution in [2.24, 2.45) is 0 Å². The number of carbonyl (C=O) groups is 3. The first-order chi connectivity index (χ1) is 8.11. The molecule has 0 fully saturated rings. The number of Topliss-reactive ketones (excluding diaryl/α,β-unsaturated/α-hetero) is 1. The van der Waals surface area contributed by atoms with Crippen LogP contribution in [0.15, 0.2) is 0 Å². The van der Waals surface area contributed by atoms with E-state index in [1.807, 2.05) is 0 Å². The molecule has 7 heteroatoms. The van der Waals surface area contributed by atoms with Crippen LogP contribution in [0.4, 0.5) is 0 Å². The lowest BCUT2D eigenvalue weighted by Gasteiger charge is -2.02. The van der Waals surface area contributed by atoms with Crippen molar-refractivity contribution in [1.29, 1.82) is 10.5 Å². The third-order valence-electron chi connectivity index (χ3n) is 1.46. The topological polar surface area (TPSA) is 117 Å². The van der Waals surface area contributed by atoms with Gasteiger partial charge in [-0.25, -0.2) is 4.79 Å². The minimum Gasteiger partial charge on any atom is -0.464 e. The lowest BCUT2D eigenvalue weighted by Crippen LogP contribution is -2.22. The molecule has 7 nitrogen and oxygen atoms in total. The molecule has 0 amide bonds. The summed E-state index contributed by atoms with van der Waals surface area (Å²) in [4.78, 5) is 32.9. The van der Waals surface area contributed by atoms with Crippen molar-refractivity contribution in [3.05, 3.63) is 0 Å². The molecule has 0 atom stereocenters. The third kappa shape index (κ3) is 7.51. The minimum absolute atomic E-state index is 0.0204. The van der Waals surface area contributed by atoms with Gasteiger partial charge in [-0.2, -0.15) is 10.5 Å². The molecule has 0 aromatic rings. The summed E-state index contributed by atoms with van der Waals surface area (Å²) in [7, 11) is 0. The Morgan fingerprint density at radius 3 is 2.00 bits per heavy atom. The molecular weight excluding hydrogens is 228 g/mol. The summed E-state index contributed by atoms with van der Waals surface area (Å²) in [5.74, 6) is -3.09. The minimum atomic E-state index is -1.17. The summed E-state index contributed by atoms with van der Waals surface area (Å²) in [6.07, 6.45) is -0.727. The van der Waals surface area contributed by atoms with E-state index < -0.39 is 24.1 Å². The zero-order chi connectivity index (χ0) is 13.1. The van der Waals surface area contributed by atoms with Crippen molar-refractivity contribution in [2.45, 2.75) is 19.3 Å². The van der Waals surface area contributed by atoms with E-state index in [-0.39, 0.29) is 26.1 Å². The maximum Gasteiger partial charge on any atom is 0.375 e. The number of hydrogen-bond donors (Lipinski definition) is 0. The molecule has 0 unspecified atom stereocenters. The van der Waals surface area contributed by atoms with Crippen LogP contribution < -0.4 is 0 Å². The number of ether oxygens (including phenoxy) is 2. The molecule has 0 N–H and O–H groups in total. The standard InChI is InChI=1S/C10H10N2O5/c11-3-1-5-16-9(14)7-8(13)10(15)17-6-2-4-12/h1-2,5-7H2. The second-order valence-electron chi connectivity index (χ2n) is 2.77. The molecule has 0 aliphatic carbocycles. The Kier molecular flexibility index (Phi) is 7.61. The predicted molar refractivity (Wildman–Crippen MR) is 52.0 cm³/mol. The molecule has 0 aliphatic heterocycles. The average Bonchev–Trinajstić information content (AvgIpc) is 2.29. The van der Waals surface area contributed by atoms with Crippen molar-refractivity contribution in [3.8, 4) is 12.1 Å². The Morgan fingerprint density at radius 2 is 1.47 bits per heavy atom. The van der Waals surface area contributed by atoms with Crippen LogP contribution in [0.2, 0.25) is 0 Å². The van der Waals surface area contributed by atoms with Crippen LogP contribution >= 0.6 is 0 Å². The molecule has 0 aromatic heterocycles. The molecule has 0 rings (SSSR count). The molecule has 0 saturated carbocycles. The monoisotopic (exact) mass is 238 g/mol. The lowest BCUT2D eigenvalue weighted by molar-refractivity contribution is -0.157. The van der Waals surface area contributed by atoms with Gasteiger partial charge in [-0.1, -0.05) is 0 Å². The van der Waals surface area contributed by atoms with Gasteiger partial charge >= 0.3 is 11.9 Å². The highest BCUT2D eigenvalue weighted by Crippen LogP contribution is 1.94. The maximum absolute atomic E-state index is 11.1. The Morgan fingerprint density at radius 1 is 0.941 bits per heavy atom. The first kappa shape index (κ1) is 14.6. The maximum atomic E-state index is 11.1. The lowest BCUT2D eigenvalue weighted by atomic mass is 10.3. The smallest absolute Gasteiger partial charge is 0.375 e. The molecule has 0 heterocycles. The van der Waals surface area contributed by atoms with Gasteiger partial charge in [-0.05, 0) is 0 Å². The highest BCUT2D eigenvalue weighted by molar-refractivity contribution is 6.36. The number of rotatable bonds is 7. The summed E-state index contributed by atoms with van der Waals surface area (Å²) < 4.78 is 8.89. The fourth-order valence-corrected chi connectivity index (χ4v) is 0.735. The van der Waals surface area contributed by atoms with Gasteiger partial charge in [0.2, 0.25) is 0 Å². The molecule has 0 spiro atoms. The van der Waals surface area contributed by atoms with Crippen LogP contribution in [0.25, 0.3) is 0 Å². The molecule has 17 heavy (non-hydrogen) atoms. The fourth-order valence-electron chi connectivity index (χ4n) is 0.735. The van der Waals surface area contributed by atoms with E-state index in [0.717, 1.165) is 0 Å². The van der Waals surface area contributed by atoms with E-state index in [1.54, 1.807) is 12.1 Å². The third-order valence-corrected chi connectivity index (χ3v) is 1.46. The van der Waals surface area contributed by atoms with Crippen molar-refractivity contribution < 1.29 is 23.9 Å². The average molecular weight is 238 g/mol. The van der Waals surface area contributed by atoms with Crippen molar-refractivity contribution in [2.75, 3.05) is 13.2 Å². The van der Waals surface area contributed by atoms with E-state index in [0.29, 0.717) is 0 Å². The van der Waals surface area contributed by atoms with Crippen LogP contribution in [0, 0.1) is 22.7 Å². The SMILES string of the molecule is N#CCCOC(=O)CC(=O)C(=O)OCCC#N. The second kappa shape index (κ2) is 8.86. The number of esters is 2. The highest BCUT2D eigenvalue weighted by atomic mass is 16.5. The zero-order valence-corrected chi connectivity index (χ0v) is 8.97. The van der Waals surface area contributed by atoms with E-state index >= 15 is 0 Å². The molecule has 0 aliphatic rings. The Bertz CT molecular complexity index is 377. The van der Waals surface area contributed by atoms with E-state index in [2.05, 4.69) is 9.47 Å². The Labute approximate surface area is 97.5 Å². The van der Waals surface area contributed by atoms with E-state index in [9.17, 15) is 14.4 Å². The van der Waals surface area contributed by atoms with Gasteiger partial charge in [0, 0.05) is 0 Å². The van der Waals surface area contributed by atoms with Gasteiger partial charge in [-0.3, -0.25) is 9.59 Å². The summed E-state index contributed by atoms with van der Waals surface area (Å²) in [5.41, 5.74) is 0. The van der Waals surface area contributed by atoms with Gasteiger partial charge in [0.1, 0.15) is 19.6 Å². The summed E-state index contributed by atoms with van der Waals surface area (Å²) >= 11 is 0. The first-order valence-corrected chi connectivity index (χ1v) is 4.71. The molecule has 90 valence electrons. The van der Waals surface area contributed by atoms with Gasteiger partial charge in [0.25, 0.3) is 5.78 Å². The number of hydrogen-bond acceptors (Lipinski definition) is 7. The summed E-state index contributed by atoms with van der Waals surface area (Å²) in [5, 5.41) is 16.3. The molecule has 0 saturated heterocycles. The quantitative estimate of drug-likeness (QED) is 0.262. The molecule has 0 aromatic carbocycles.